The summed E-state index contributed by atoms with van der Waals surface area (Å²) in [6, 6.07) is 0.127. The molecular formula is C13H28N2O. The molecule has 0 fully saturated rings. The van der Waals surface area contributed by atoms with Crippen LogP contribution >= 0.6 is 0 Å². The smallest absolute Gasteiger partial charge is 0.227 e. The van der Waals surface area contributed by atoms with Gasteiger partial charge >= 0.3 is 0 Å². The SMILES string of the molecule is CC(NC(=O)C(C)(C)C(C)(C)N)C(C)(C)C. The fourth-order valence-electron chi connectivity index (χ4n) is 0.886. The minimum Gasteiger partial charge on any atom is -0.353 e. The third kappa shape index (κ3) is 3.48. The molecule has 0 aliphatic carbocycles. The first-order valence-corrected chi connectivity index (χ1v) is 5.90. The van der Waals surface area contributed by atoms with Gasteiger partial charge in [-0.1, -0.05) is 20.8 Å². The zero-order chi connectivity index (χ0) is 13.4. The molecule has 0 aromatic carbocycles. The molecule has 0 heterocycles. The molecule has 0 spiro atoms. The van der Waals surface area contributed by atoms with Gasteiger partial charge in [-0.25, -0.2) is 0 Å². The maximum atomic E-state index is 12.2. The van der Waals surface area contributed by atoms with E-state index in [0.29, 0.717) is 0 Å². The summed E-state index contributed by atoms with van der Waals surface area (Å²) in [5, 5.41) is 3.05. The van der Waals surface area contributed by atoms with E-state index >= 15 is 0 Å². The summed E-state index contributed by atoms with van der Waals surface area (Å²) < 4.78 is 0. The number of nitrogens with one attached hydrogen (secondary N) is 1. The van der Waals surface area contributed by atoms with Gasteiger partial charge in [0.05, 0.1) is 5.41 Å². The lowest BCUT2D eigenvalue weighted by Gasteiger charge is -2.39. The summed E-state index contributed by atoms with van der Waals surface area (Å²) in [6.45, 7) is 15.9. The number of nitrogens with two attached hydrogens (primary N) is 1. The molecule has 3 heteroatoms. The van der Waals surface area contributed by atoms with E-state index in [0.717, 1.165) is 0 Å². The number of rotatable bonds is 3. The molecule has 0 aromatic heterocycles. The molecular weight excluding hydrogens is 200 g/mol. The Morgan fingerprint density at radius 2 is 1.44 bits per heavy atom. The number of hydrogen-bond donors (Lipinski definition) is 2. The van der Waals surface area contributed by atoms with Gasteiger partial charge in [0, 0.05) is 11.6 Å². The summed E-state index contributed by atoms with van der Waals surface area (Å²) in [6.07, 6.45) is 0. The van der Waals surface area contributed by atoms with Crippen molar-refractivity contribution in [2.45, 2.75) is 67.0 Å². The van der Waals surface area contributed by atoms with Crippen LogP contribution in [0.1, 0.15) is 55.4 Å². The van der Waals surface area contributed by atoms with Gasteiger partial charge < -0.3 is 11.1 Å². The Morgan fingerprint density at radius 1 is 1.06 bits per heavy atom. The zero-order valence-corrected chi connectivity index (χ0v) is 12.1. The molecule has 0 bridgehead atoms. The molecule has 16 heavy (non-hydrogen) atoms. The zero-order valence-electron chi connectivity index (χ0n) is 12.1. The standard InChI is InChI=1S/C13H28N2O/c1-9(11(2,3)4)15-10(16)12(5,6)13(7,8)14/h9H,14H2,1-8H3,(H,15,16). The second kappa shape index (κ2) is 4.36. The minimum absolute atomic E-state index is 0.0161. The lowest BCUT2D eigenvalue weighted by Crippen LogP contribution is -2.58. The molecule has 1 unspecified atom stereocenters. The first-order chi connectivity index (χ1) is 6.80. The second-order valence-corrected chi connectivity index (χ2v) is 6.91. The van der Waals surface area contributed by atoms with Gasteiger partial charge in [-0.15, -0.1) is 0 Å². The topological polar surface area (TPSA) is 55.1 Å². The summed E-state index contributed by atoms with van der Waals surface area (Å²) >= 11 is 0. The van der Waals surface area contributed by atoms with Gasteiger partial charge in [0.2, 0.25) is 5.91 Å². The Kier molecular flexibility index (Phi) is 4.21. The van der Waals surface area contributed by atoms with Gasteiger partial charge in [0.15, 0.2) is 0 Å². The molecule has 96 valence electrons. The molecule has 0 saturated carbocycles. The van der Waals surface area contributed by atoms with Gasteiger partial charge in [0.25, 0.3) is 0 Å². The van der Waals surface area contributed by atoms with E-state index in [1.807, 2.05) is 34.6 Å². The van der Waals surface area contributed by atoms with Crippen LogP contribution in [0.5, 0.6) is 0 Å². The number of carbonyl (C=O) groups excluding carboxylic acids is 1. The fraction of sp³-hybridized carbons (Fsp3) is 0.923. The third-order valence-corrected chi connectivity index (χ3v) is 3.83. The first kappa shape index (κ1) is 15.4. The summed E-state index contributed by atoms with van der Waals surface area (Å²) in [7, 11) is 0. The highest BCUT2D eigenvalue weighted by atomic mass is 16.2. The molecule has 0 saturated heterocycles. The quantitative estimate of drug-likeness (QED) is 0.778. The lowest BCUT2D eigenvalue weighted by molar-refractivity contribution is -0.133. The van der Waals surface area contributed by atoms with Crippen molar-refractivity contribution in [1.82, 2.24) is 5.32 Å². The van der Waals surface area contributed by atoms with Gasteiger partial charge in [0.1, 0.15) is 0 Å². The van der Waals surface area contributed by atoms with E-state index in [2.05, 4.69) is 26.1 Å². The molecule has 0 radical (unpaired) electrons. The molecule has 0 rings (SSSR count). The van der Waals surface area contributed by atoms with E-state index < -0.39 is 11.0 Å². The van der Waals surface area contributed by atoms with E-state index in [-0.39, 0.29) is 17.4 Å². The largest absolute Gasteiger partial charge is 0.353 e. The van der Waals surface area contributed by atoms with Crippen molar-refractivity contribution in [1.29, 1.82) is 0 Å². The highest BCUT2D eigenvalue weighted by Gasteiger charge is 2.41. The highest BCUT2D eigenvalue weighted by Crippen LogP contribution is 2.29. The van der Waals surface area contributed by atoms with Gasteiger partial charge in [-0.05, 0) is 40.0 Å². The van der Waals surface area contributed by atoms with Crippen molar-refractivity contribution in [2.75, 3.05) is 0 Å². The Labute approximate surface area is 100 Å². The van der Waals surface area contributed by atoms with Crippen LogP contribution in [-0.2, 0) is 4.79 Å². The molecule has 0 aliphatic heterocycles. The molecule has 0 aromatic rings. The van der Waals surface area contributed by atoms with E-state index in [1.54, 1.807) is 0 Å². The van der Waals surface area contributed by atoms with Crippen LogP contribution in [0.3, 0.4) is 0 Å². The molecule has 3 nitrogen and oxygen atoms in total. The van der Waals surface area contributed by atoms with Crippen molar-refractivity contribution in [3.05, 3.63) is 0 Å². The van der Waals surface area contributed by atoms with Crippen LogP contribution in [0.4, 0.5) is 0 Å². The van der Waals surface area contributed by atoms with Crippen LogP contribution in [0, 0.1) is 10.8 Å². The maximum Gasteiger partial charge on any atom is 0.227 e. The lowest BCUT2D eigenvalue weighted by atomic mass is 9.74. The first-order valence-electron chi connectivity index (χ1n) is 5.90. The van der Waals surface area contributed by atoms with Crippen LogP contribution in [-0.4, -0.2) is 17.5 Å². The van der Waals surface area contributed by atoms with Crippen LogP contribution in [0.15, 0.2) is 0 Å². The highest BCUT2D eigenvalue weighted by molar-refractivity contribution is 5.83. The van der Waals surface area contributed by atoms with Crippen LogP contribution < -0.4 is 11.1 Å². The second-order valence-electron chi connectivity index (χ2n) is 6.91. The third-order valence-electron chi connectivity index (χ3n) is 3.83. The predicted octanol–water partition coefficient (Wildman–Crippen LogP) is 2.30. The van der Waals surface area contributed by atoms with E-state index in [1.165, 1.54) is 0 Å². The maximum absolute atomic E-state index is 12.2. The van der Waals surface area contributed by atoms with Gasteiger partial charge in [-0.3, -0.25) is 4.79 Å². The van der Waals surface area contributed by atoms with Crippen molar-refractivity contribution >= 4 is 5.91 Å². The number of hydrogen-bond acceptors (Lipinski definition) is 2. The monoisotopic (exact) mass is 228 g/mol. The summed E-state index contributed by atoms with van der Waals surface area (Å²) in [5.41, 5.74) is 4.99. The number of carbonyl (C=O) groups is 1. The van der Waals surface area contributed by atoms with Crippen LogP contribution in [0.2, 0.25) is 0 Å². The van der Waals surface area contributed by atoms with Gasteiger partial charge in [-0.2, -0.15) is 0 Å². The molecule has 0 aliphatic rings. The summed E-state index contributed by atoms with van der Waals surface area (Å²) in [4.78, 5) is 12.2. The van der Waals surface area contributed by atoms with Crippen molar-refractivity contribution < 1.29 is 4.79 Å². The van der Waals surface area contributed by atoms with Crippen molar-refractivity contribution in [2.24, 2.45) is 16.6 Å². The van der Waals surface area contributed by atoms with Crippen molar-refractivity contribution in [3.63, 3.8) is 0 Å². The Hall–Kier alpha value is -0.570. The summed E-state index contributed by atoms with van der Waals surface area (Å²) in [5.74, 6) is 0.0161. The molecule has 1 amide bonds. The average molecular weight is 228 g/mol. The predicted molar refractivity (Wildman–Crippen MR) is 69.1 cm³/mol. The Balaban J connectivity index is 4.73. The Morgan fingerprint density at radius 3 is 1.69 bits per heavy atom. The fourth-order valence-corrected chi connectivity index (χ4v) is 0.886. The minimum atomic E-state index is -0.577. The van der Waals surface area contributed by atoms with Crippen molar-refractivity contribution in [3.8, 4) is 0 Å². The normalized spacial score (nSPS) is 15.8. The van der Waals surface area contributed by atoms with Crippen LogP contribution in [0.25, 0.3) is 0 Å². The number of amides is 1. The van der Waals surface area contributed by atoms with E-state index in [9.17, 15) is 4.79 Å². The van der Waals surface area contributed by atoms with E-state index in [4.69, 9.17) is 5.73 Å². The Bertz CT molecular complexity index is 256. The molecule has 3 N–H and O–H groups in total. The average Bonchev–Trinajstić information content (AvgIpc) is 1.99. The molecule has 1 atom stereocenters.